The van der Waals surface area contributed by atoms with Gasteiger partial charge in [-0.1, -0.05) is 6.07 Å². The van der Waals surface area contributed by atoms with Gasteiger partial charge in [0.1, 0.15) is 5.69 Å². The smallest absolute Gasteiger partial charge is 0.273 e. The van der Waals surface area contributed by atoms with E-state index in [2.05, 4.69) is 36.1 Å². The zero-order valence-corrected chi connectivity index (χ0v) is 26.1. The van der Waals surface area contributed by atoms with Crippen LogP contribution in [0.25, 0.3) is 16.8 Å². The van der Waals surface area contributed by atoms with Gasteiger partial charge in [0.25, 0.3) is 5.91 Å². The second kappa shape index (κ2) is 13.9. The molecule has 0 spiro atoms. The van der Waals surface area contributed by atoms with E-state index in [1.54, 1.807) is 33.3 Å². The summed E-state index contributed by atoms with van der Waals surface area (Å²) in [5, 5.41) is 16.6. The Balaban J connectivity index is 1.68. The van der Waals surface area contributed by atoms with Crippen LogP contribution in [0.5, 0.6) is 0 Å². The minimum absolute atomic E-state index is 0.0332. The predicted molar refractivity (Wildman–Crippen MR) is 172 cm³/mol. The molecule has 2 heterocycles. The Labute approximate surface area is 260 Å². The lowest BCUT2D eigenvalue weighted by Gasteiger charge is -2.21. The van der Waals surface area contributed by atoms with Crippen LogP contribution in [0.3, 0.4) is 0 Å². The molecule has 13 heteroatoms. The number of hydrogen-bond donors (Lipinski definition) is 4. The summed E-state index contributed by atoms with van der Waals surface area (Å²) in [5.41, 5.74) is 10.7. The molecule has 5 N–H and O–H groups in total. The van der Waals surface area contributed by atoms with Crippen molar-refractivity contribution in [1.82, 2.24) is 25.4 Å². The molecule has 4 rings (SSSR count). The van der Waals surface area contributed by atoms with Gasteiger partial charge in [0.15, 0.2) is 29.0 Å². The lowest BCUT2D eigenvalue weighted by atomic mass is 9.95. The number of carbonyl (C=O) groups is 2. The first-order chi connectivity index (χ1) is 21.5. The molecule has 3 aromatic rings. The van der Waals surface area contributed by atoms with Crippen LogP contribution >= 0.6 is 0 Å². The van der Waals surface area contributed by atoms with Crippen molar-refractivity contribution in [2.75, 3.05) is 38.3 Å². The normalized spacial score (nSPS) is 13.1. The van der Waals surface area contributed by atoms with Gasteiger partial charge in [-0.05, 0) is 62.4 Å². The van der Waals surface area contributed by atoms with Crippen LogP contribution in [0.1, 0.15) is 47.1 Å². The zero-order valence-electron chi connectivity index (χ0n) is 26.1. The van der Waals surface area contributed by atoms with E-state index in [9.17, 15) is 14.4 Å². The fraction of sp³-hybridized carbons (Fsp3) is 0.312. The fourth-order valence-corrected chi connectivity index (χ4v) is 4.79. The number of carbonyl (C=O) groups excluding carboxylic acids is 3. The molecule has 0 aliphatic heterocycles. The number of nitrogens with one attached hydrogen (secondary N) is 3. The summed E-state index contributed by atoms with van der Waals surface area (Å²) in [5.74, 6) is 0.671. The van der Waals surface area contributed by atoms with Crippen LogP contribution in [0, 0.1) is 25.6 Å². The van der Waals surface area contributed by atoms with Crippen molar-refractivity contribution in [3.8, 4) is 11.1 Å². The van der Waals surface area contributed by atoms with Crippen LogP contribution in [0.4, 0.5) is 21.6 Å². The summed E-state index contributed by atoms with van der Waals surface area (Å²) in [7, 11) is 4.71. The van der Waals surface area contributed by atoms with Gasteiger partial charge >= 0.3 is 0 Å². The van der Waals surface area contributed by atoms with Gasteiger partial charge in [0.2, 0.25) is 5.91 Å². The second-order valence-electron chi connectivity index (χ2n) is 10.8. The molecule has 1 aliphatic carbocycles. The number of nitrogens with two attached hydrogens (primary N) is 1. The molecular formula is C32H36FN9O3. The van der Waals surface area contributed by atoms with E-state index in [-0.39, 0.29) is 41.3 Å². The Bertz CT molecular complexity index is 1750. The van der Waals surface area contributed by atoms with Gasteiger partial charge in [-0.2, -0.15) is 0 Å². The molecule has 234 valence electrons. The van der Waals surface area contributed by atoms with Gasteiger partial charge in [-0.3, -0.25) is 19.6 Å². The highest BCUT2D eigenvalue weighted by Gasteiger charge is 2.30. The number of likely N-dealkylation sites (N-methyl/N-ethyl adjacent to an activating group) is 1. The number of allylic oxidation sites excluding steroid dienone is 1. The topological polar surface area (TPSA) is 168 Å². The van der Waals surface area contributed by atoms with Crippen molar-refractivity contribution in [3.05, 3.63) is 70.1 Å². The Morgan fingerprint density at radius 3 is 2.51 bits per heavy atom. The third kappa shape index (κ3) is 7.39. The molecule has 0 atom stereocenters. The summed E-state index contributed by atoms with van der Waals surface area (Å²) in [6.07, 6.45) is 4.73. The van der Waals surface area contributed by atoms with E-state index in [1.165, 1.54) is 24.2 Å². The zero-order chi connectivity index (χ0) is 32.8. The molecule has 0 unspecified atom stereocenters. The second-order valence-corrected chi connectivity index (χ2v) is 10.8. The minimum atomic E-state index is -0.703. The highest BCUT2D eigenvalue weighted by Crippen LogP contribution is 2.35. The van der Waals surface area contributed by atoms with Crippen LogP contribution in [-0.4, -0.2) is 71.7 Å². The molecule has 2 amide bonds. The van der Waals surface area contributed by atoms with E-state index in [0.717, 1.165) is 24.0 Å². The van der Waals surface area contributed by atoms with Gasteiger partial charge in [0.05, 0.1) is 5.69 Å². The number of aromatic nitrogens is 3. The molecule has 2 aromatic heterocycles. The van der Waals surface area contributed by atoms with Crippen LogP contribution in [-0.2, 0) is 9.59 Å². The first-order valence-corrected chi connectivity index (χ1v) is 14.3. The molecular weight excluding hydrogens is 577 g/mol. The van der Waals surface area contributed by atoms with E-state index in [4.69, 9.17) is 5.73 Å². The summed E-state index contributed by atoms with van der Waals surface area (Å²) >= 11 is 0. The molecule has 12 nitrogen and oxygen atoms in total. The number of benzene rings is 1. The van der Waals surface area contributed by atoms with Gasteiger partial charge in [-0.25, -0.2) is 9.18 Å². The Hall–Kier alpha value is -5.42. The molecule has 1 aliphatic rings. The van der Waals surface area contributed by atoms with E-state index < -0.39 is 11.7 Å². The number of nitrogens with zero attached hydrogens (tertiary/aromatic N) is 5. The number of amides is 2. The first-order valence-electron chi connectivity index (χ1n) is 14.3. The maximum Gasteiger partial charge on any atom is 0.273 e. The summed E-state index contributed by atoms with van der Waals surface area (Å²) < 4.78 is 15.6. The summed E-state index contributed by atoms with van der Waals surface area (Å²) in [6, 6.07) is 6.55. The van der Waals surface area contributed by atoms with Crippen molar-refractivity contribution in [1.29, 1.82) is 0 Å². The van der Waals surface area contributed by atoms with Crippen molar-refractivity contribution in [2.45, 2.75) is 33.6 Å². The fourth-order valence-electron chi connectivity index (χ4n) is 4.79. The average Bonchev–Trinajstić information content (AvgIpc) is 3.85. The maximum absolute atomic E-state index is 15.6. The summed E-state index contributed by atoms with van der Waals surface area (Å²) in [4.78, 5) is 46.7. The standard InChI is InChI=1S/C32H36FN9O3/c1-17-7-10-24(38-25-12-27(39-31(44)20-8-9-20)40-41-30(25)32(45)36-5)18(2)28(17)21-11-23(33)29(37-14-21)26(16-43)42(6)15-22(13-35-4)19(3)34/h7,10-14,20H,8-9,15,34H2,1-6H3,(H,36,45)(H2,38,39,40,44)/b22-19+,35-13?. The van der Waals surface area contributed by atoms with Crippen LogP contribution < -0.4 is 21.7 Å². The monoisotopic (exact) mass is 613 g/mol. The van der Waals surface area contributed by atoms with Gasteiger partial charge in [-0.15, -0.1) is 10.2 Å². The quantitative estimate of drug-likeness (QED) is 0.186. The Morgan fingerprint density at radius 2 is 1.91 bits per heavy atom. The van der Waals surface area contributed by atoms with Crippen LogP contribution in [0.15, 0.2) is 46.7 Å². The molecule has 0 radical (unpaired) electrons. The number of hydrogen-bond acceptors (Lipinski definition) is 10. The number of aryl methyl sites for hydroxylation is 1. The summed E-state index contributed by atoms with van der Waals surface area (Å²) in [6.45, 7) is 5.65. The largest absolute Gasteiger partial charge is 0.402 e. The number of rotatable bonds is 11. The molecule has 1 saturated carbocycles. The molecule has 0 bridgehead atoms. The maximum atomic E-state index is 15.6. The SMILES string of the molecule is CN=C/C(CN(C)C(=C=O)c1ncc(-c2c(C)ccc(Nc3cc(NC(=O)C4CC4)nnc3C(=O)NC)c2C)cc1F)=C(/C)N. The Kier molecular flexibility index (Phi) is 10.0. The number of anilines is 3. The predicted octanol–water partition coefficient (Wildman–Crippen LogP) is 3.78. The van der Waals surface area contributed by atoms with E-state index in [0.29, 0.717) is 33.8 Å². The molecule has 45 heavy (non-hydrogen) atoms. The van der Waals surface area contributed by atoms with Gasteiger partial charge in [0, 0.05) is 74.6 Å². The Morgan fingerprint density at radius 1 is 1.18 bits per heavy atom. The third-order valence-electron chi connectivity index (χ3n) is 7.41. The van der Waals surface area contributed by atoms with Crippen LogP contribution in [0.2, 0.25) is 0 Å². The lowest BCUT2D eigenvalue weighted by Crippen LogP contribution is -2.23. The highest BCUT2D eigenvalue weighted by molar-refractivity contribution is 6.00. The van der Waals surface area contributed by atoms with Crippen molar-refractivity contribution in [3.63, 3.8) is 0 Å². The lowest BCUT2D eigenvalue weighted by molar-refractivity contribution is -0.117. The van der Waals surface area contributed by atoms with E-state index in [1.807, 2.05) is 31.9 Å². The van der Waals surface area contributed by atoms with Crippen molar-refractivity contribution in [2.24, 2.45) is 16.6 Å². The third-order valence-corrected chi connectivity index (χ3v) is 7.41. The molecule has 1 fully saturated rings. The van der Waals surface area contributed by atoms with Crippen molar-refractivity contribution >= 4 is 46.9 Å². The molecule has 0 saturated heterocycles. The molecule has 1 aromatic carbocycles. The van der Waals surface area contributed by atoms with Crippen molar-refractivity contribution < 1.29 is 18.8 Å². The first kappa shape index (κ1) is 32.5. The van der Waals surface area contributed by atoms with E-state index >= 15 is 4.39 Å². The number of halogens is 1. The van der Waals surface area contributed by atoms with Gasteiger partial charge < -0.3 is 26.6 Å². The number of pyridine rings is 1. The number of aliphatic imine (C=N–C) groups is 1. The minimum Gasteiger partial charge on any atom is -0.402 e. The highest BCUT2D eigenvalue weighted by atomic mass is 19.1. The average molecular weight is 614 g/mol.